The van der Waals surface area contributed by atoms with Gasteiger partial charge < -0.3 is 5.11 Å². The highest BCUT2D eigenvalue weighted by Crippen LogP contribution is 2.28. The minimum atomic E-state index is -0.979. The molecule has 1 aromatic rings. The smallest absolute Gasteiger partial charge is 0.412 e. The van der Waals surface area contributed by atoms with Gasteiger partial charge in [-0.2, -0.15) is 0 Å². The fourth-order valence-electron chi connectivity index (χ4n) is 1.51. The van der Waals surface area contributed by atoms with Crippen molar-refractivity contribution in [1.82, 2.24) is 0 Å². The summed E-state index contributed by atoms with van der Waals surface area (Å²) in [5.41, 5.74) is 1.03. The van der Waals surface area contributed by atoms with Gasteiger partial charge in [0.1, 0.15) is 0 Å². The molecule has 88 valence electrons. The van der Waals surface area contributed by atoms with E-state index < -0.39 is 11.6 Å². The minimum absolute atomic E-state index is 0.496. The van der Waals surface area contributed by atoms with Gasteiger partial charge in [-0.05, 0) is 45.4 Å². The van der Waals surface area contributed by atoms with Gasteiger partial charge >= 0.3 is 6.09 Å². The predicted molar refractivity (Wildman–Crippen MR) is 66.4 cm³/mol. The lowest BCUT2D eigenvalue weighted by molar-refractivity contribution is 0.195. The van der Waals surface area contributed by atoms with Crippen molar-refractivity contribution < 1.29 is 9.90 Å². The van der Waals surface area contributed by atoms with Crippen molar-refractivity contribution in [1.29, 1.82) is 0 Å². The van der Waals surface area contributed by atoms with Crippen LogP contribution in [0.2, 0.25) is 5.02 Å². The zero-order chi connectivity index (χ0) is 12.5. The Kier molecular flexibility index (Phi) is 3.48. The van der Waals surface area contributed by atoms with Crippen LogP contribution in [0.5, 0.6) is 0 Å². The van der Waals surface area contributed by atoms with E-state index in [0.29, 0.717) is 10.7 Å². The first-order chi connectivity index (χ1) is 7.23. The van der Waals surface area contributed by atoms with E-state index in [0.717, 1.165) is 5.56 Å². The van der Waals surface area contributed by atoms with Gasteiger partial charge in [-0.1, -0.05) is 17.7 Å². The fourth-order valence-corrected chi connectivity index (χ4v) is 1.68. The van der Waals surface area contributed by atoms with Gasteiger partial charge in [0.25, 0.3) is 0 Å². The van der Waals surface area contributed by atoms with Gasteiger partial charge in [0.05, 0.1) is 0 Å². The summed E-state index contributed by atoms with van der Waals surface area (Å²) in [5.74, 6) is 0. The molecule has 16 heavy (non-hydrogen) atoms. The summed E-state index contributed by atoms with van der Waals surface area (Å²) >= 11 is 5.99. The largest absolute Gasteiger partial charge is 0.465 e. The first-order valence-electron chi connectivity index (χ1n) is 5.03. The van der Waals surface area contributed by atoms with Crippen molar-refractivity contribution in [2.45, 2.75) is 33.2 Å². The second kappa shape index (κ2) is 4.34. The Hall–Kier alpha value is -1.22. The molecule has 1 rings (SSSR count). The second-order valence-electron chi connectivity index (χ2n) is 4.72. The van der Waals surface area contributed by atoms with E-state index in [4.69, 9.17) is 11.6 Å². The average Bonchev–Trinajstić information content (AvgIpc) is 2.08. The molecule has 0 spiro atoms. The van der Waals surface area contributed by atoms with Crippen LogP contribution >= 0.6 is 11.6 Å². The minimum Gasteiger partial charge on any atom is -0.465 e. The molecule has 0 aliphatic carbocycles. The zero-order valence-corrected chi connectivity index (χ0v) is 10.7. The summed E-state index contributed by atoms with van der Waals surface area (Å²) in [5, 5.41) is 9.78. The van der Waals surface area contributed by atoms with Gasteiger partial charge in [0, 0.05) is 16.2 Å². The molecule has 0 aliphatic heterocycles. The van der Waals surface area contributed by atoms with Crippen LogP contribution in [-0.4, -0.2) is 16.7 Å². The third kappa shape index (κ3) is 2.67. The lowest BCUT2D eigenvalue weighted by Crippen LogP contribution is -2.45. The Labute approximate surface area is 101 Å². The van der Waals surface area contributed by atoms with Crippen molar-refractivity contribution in [3.63, 3.8) is 0 Å². The van der Waals surface area contributed by atoms with Crippen LogP contribution < -0.4 is 4.90 Å². The summed E-state index contributed by atoms with van der Waals surface area (Å²) in [6.45, 7) is 7.41. The van der Waals surface area contributed by atoms with E-state index in [1.54, 1.807) is 12.1 Å². The van der Waals surface area contributed by atoms with Gasteiger partial charge in [0.2, 0.25) is 0 Å². The maximum absolute atomic E-state index is 11.2. The molecule has 0 saturated heterocycles. The maximum atomic E-state index is 11.2. The fraction of sp³-hybridized carbons (Fsp3) is 0.417. The van der Waals surface area contributed by atoms with E-state index in [2.05, 4.69) is 0 Å². The quantitative estimate of drug-likeness (QED) is 0.809. The van der Waals surface area contributed by atoms with Crippen LogP contribution in [0.4, 0.5) is 10.5 Å². The molecule has 0 bridgehead atoms. The molecule has 1 aromatic carbocycles. The number of benzene rings is 1. The molecular formula is C12H16ClNO2. The van der Waals surface area contributed by atoms with Crippen molar-refractivity contribution in [2.75, 3.05) is 4.90 Å². The van der Waals surface area contributed by atoms with Crippen LogP contribution in [0, 0.1) is 6.92 Å². The number of carbonyl (C=O) groups is 1. The molecule has 0 aliphatic rings. The first-order valence-corrected chi connectivity index (χ1v) is 5.40. The summed E-state index contributed by atoms with van der Waals surface area (Å²) < 4.78 is 0. The number of halogens is 1. The molecule has 0 unspecified atom stereocenters. The number of nitrogens with zero attached hydrogens (tertiary/aromatic N) is 1. The van der Waals surface area contributed by atoms with Crippen molar-refractivity contribution >= 4 is 23.4 Å². The van der Waals surface area contributed by atoms with Gasteiger partial charge in [-0.15, -0.1) is 0 Å². The molecule has 1 N–H and O–H groups in total. The summed E-state index contributed by atoms with van der Waals surface area (Å²) in [7, 11) is 0. The predicted octanol–water partition coefficient (Wildman–Crippen LogP) is 3.93. The van der Waals surface area contributed by atoms with Gasteiger partial charge in [-0.25, -0.2) is 4.79 Å². The molecule has 0 aromatic heterocycles. The first kappa shape index (κ1) is 12.8. The number of aryl methyl sites for hydroxylation is 1. The molecule has 1 amide bonds. The number of carboxylic acid groups (broad SMARTS) is 1. The number of hydrogen-bond donors (Lipinski definition) is 1. The summed E-state index contributed by atoms with van der Waals surface area (Å²) in [6, 6.07) is 5.26. The summed E-state index contributed by atoms with van der Waals surface area (Å²) in [6.07, 6.45) is -0.979. The van der Waals surface area contributed by atoms with Crippen LogP contribution in [0.3, 0.4) is 0 Å². The monoisotopic (exact) mass is 241 g/mol. The molecule has 0 fully saturated rings. The van der Waals surface area contributed by atoms with Crippen molar-refractivity contribution in [3.8, 4) is 0 Å². The normalized spacial score (nSPS) is 11.3. The Balaban J connectivity index is 3.22. The number of rotatable bonds is 1. The Morgan fingerprint density at radius 2 is 1.94 bits per heavy atom. The third-order valence-electron chi connectivity index (χ3n) is 2.28. The molecule has 0 radical (unpaired) electrons. The third-order valence-corrected chi connectivity index (χ3v) is 2.68. The van der Waals surface area contributed by atoms with Crippen LogP contribution in [-0.2, 0) is 0 Å². The summed E-state index contributed by atoms with van der Waals surface area (Å²) in [4.78, 5) is 12.5. The lowest BCUT2D eigenvalue weighted by Gasteiger charge is -2.33. The molecule has 4 heteroatoms. The lowest BCUT2D eigenvalue weighted by atomic mass is 10.1. The van der Waals surface area contributed by atoms with E-state index in [-0.39, 0.29) is 0 Å². The van der Waals surface area contributed by atoms with E-state index in [9.17, 15) is 9.90 Å². The van der Waals surface area contributed by atoms with Crippen molar-refractivity contribution in [3.05, 3.63) is 28.8 Å². The molecule has 0 atom stereocenters. The Morgan fingerprint density at radius 1 is 1.38 bits per heavy atom. The highest BCUT2D eigenvalue weighted by Gasteiger charge is 2.27. The SMILES string of the molecule is Cc1ccc(N(C(=O)O)C(C)(C)C)cc1Cl. The molecule has 0 saturated carbocycles. The molecule has 3 nitrogen and oxygen atoms in total. The van der Waals surface area contributed by atoms with E-state index in [1.165, 1.54) is 4.90 Å². The van der Waals surface area contributed by atoms with E-state index in [1.807, 2.05) is 33.8 Å². The Bertz CT molecular complexity index is 410. The van der Waals surface area contributed by atoms with Crippen LogP contribution in [0.15, 0.2) is 18.2 Å². The van der Waals surface area contributed by atoms with Gasteiger partial charge in [-0.3, -0.25) is 4.90 Å². The maximum Gasteiger partial charge on any atom is 0.412 e. The number of anilines is 1. The van der Waals surface area contributed by atoms with Crippen LogP contribution in [0.1, 0.15) is 26.3 Å². The average molecular weight is 242 g/mol. The van der Waals surface area contributed by atoms with Crippen molar-refractivity contribution in [2.24, 2.45) is 0 Å². The second-order valence-corrected chi connectivity index (χ2v) is 5.13. The molecule has 0 heterocycles. The molecular weight excluding hydrogens is 226 g/mol. The number of amides is 1. The number of hydrogen-bond acceptors (Lipinski definition) is 1. The standard InChI is InChI=1S/C12H16ClNO2/c1-8-5-6-9(7-10(8)13)14(11(15)16)12(2,3)4/h5-7H,1-4H3,(H,15,16). The highest BCUT2D eigenvalue weighted by molar-refractivity contribution is 6.31. The van der Waals surface area contributed by atoms with Crippen LogP contribution in [0.25, 0.3) is 0 Å². The zero-order valence-electron chi connectivity index (χ0n) is 9.91. The van der Waals surface area contributed by atoms with E-state index >= 15 is 0 Å². The highest BCUT2D eigenvalue weighted by atomic mass is 35.5. The topological polar surface area (TPSA) is 40.5 Å². The van der Waals surface area contributed by atoms with Gasteiger partial charge in [0.15, 0.2) is 0 Å². The Morgan fingerprint density at radius 3 is 2.31 bits per heavy atom.